The highest BCUT2D eigenvalue weighted by Crippen LogP contribution is 2.41. The van der Waals surface area contributed by atoms with Crippen molar-refractivity contribution in [3.63, 3.8) is 0 Å². The number of benzene rings is 1. The Bertz CT molecular complexity index is 505. The zero-order chi connectivity index (χ0) is 12.7. The van der Waals surface area contributed by atoms with Crippen molar-refractivity contribution < 1.29 is 9.59 Å². The lowest BCUT2D eigenvalue weighted by Crippen LogP contribution is -2.32. The van der Waals surface area contributed by atoms with Gasteiger partial charge in [0.15, 0.2) is 0 Å². The van der Waals surface area contributed by atoms with Crippen LogP contribution in [-0.4, -0.2) is 30.9 Å². The van der Waals surface area contributed by atoms with Crippen molar-refractivity contribution >= 4 is 11.8 Å². The molecular weight excluding hydrogens is 230 g/mol. The third kappa shape index (κ3) is 1.86. The van der Waals surface area contributed by atoms with E-state index in [4.69, 9.17) is 5.73 Å². The maximum atomic E-state index is 12.0. The molecule has 1 heterocycles. The summed E-state index contributed by atoms with van der Waals surface area (Å²) in [6, 6.07) is 6.79. The first-order valence-corrected chi connectivity index (χ1v) is 6.08. The lowest BCUT2D eigenvalue weighted by Gasteiger charge is -2.08. The number of rotatable bonds is 3. The Balaban J connectivity index is 1.69. The number of carbonyl (C=O) groups is 2. The van der Waals surface area contributed by atoms with Crippen molar-refractivity contribution in [3.05, 3.63) is 35.4 Å². The monoisotopic (exact) mass is 245 g/mol. The summed E-state index contributed by atoms with van der Waals surface area (Å²) in [5.41, 5.74) is 6.04. The summed E-state index contributed by atoms with van der Waals surface area (Å²) >= 11 is 0. The molecule has 2 unspecified atom stereocenters. The molecule has 0 radical (unpaired) electrons. The Kier molecular flexibility index (Phi) is 2.56. The fourth-order valence-electron chi connectivity index (χ4n) is 2.68. The standard InChI is InChI=1S/C13H15N3O2/c14-12(17)7-2-1-3-8(4-7)13(18)16-11-9-5-15-6-10(9)11/h1-4,9-11,15H,5-6H2,(H2,14,17)(H,16,18). The van der Waals surface area contributed by atoms with E-state index < -0.39 is 5.91 Å². The van der Waals surface area contributed by atoms with E-state index in [1.54, 1.807) is 18.2 Å². The van der Waals surface area contributed by atoms with Crippen LogP contribution < -0.4 is 16.4 Å². The highest BCUT2D eigenvalue weighted by atomic mass is 16.2. The van der Waals surface area contributed by atoms with Crippen LogP contribution >= 0.6 is 0 Å². The maximum absolute atomic E-state index is 12.0. The number of amides is 2. The number of carbonyl (C=O) groups excluding carboxylic acids is 2. The molecule has 0 aromatic heterocycles. The molecule has 0 spiro atoms. The number of fused-ring (bicyclic) bond motifs is 1. The lowest BCUT2D eigenvalue weighted by molar-refractivity contribution is 0.0946. The molecule has 4 N–H and O–H groups in total. The third-order valence-corrected chi connectivity index (χ3v) is 3.80. The van der Waals surface area contributed by atoms with Crippen LogP contribution in [0.25, 0.3) is 0 Å². The van der Waals surface area contributed by atoms with Gasteiger partial charge in [0.05, 0.1) is 0 Å². The van der Waals surface area contributed by atoms with Crippen molar-refractivity contribution in [2.45, 2.75) is 6.04 Å². The van der Waals surface area contributed by atoms with Gasteiger partial charge in [0.25, 0.3) is 5.91 Å². The fraction of sp³-hybridized carbons (Fsp3) is 0.385. The van der Waals surface area contributed by atoms with E-state index in [2.05, 4.69) is 10.6 Å². The Hall–Kier alpha value is -1.88. The molecular formula is C13H15N3O2. The number of primary amides is 1. The van der Waals surface area contributed by atoms with Gasteiger partial charge >= 0.3 is 0 Å². The molecule has 1 aromatic carbocycles. The van der Waals surface area contributed by atoms with Gasteiger partial charge in [-0.15, -0.1) is 0 Å². The van der Waals surface area contributed by atoms with E-state index in [0.717, 1.165) is 13.1 Å². The van der Waals surface area contributed by atoms with Gasteiger partial charge in [-0.2, -0.15) is 0 Å². The summed E-state index contributed by atoms with van der Waals surface area (Å²) in [5, 5.41) is 6.28. The molecule has 2 fully saturated rings. The summed E-state index contributed by atoms with van der Waals surface area (Å²) in [6.07, 6.45) is 0. The van der Waals surface area contributed by atoms with Crippen LogP contribution in [0.2, 0.25) is 0 Å². The maximum Gasteiger partial charge on any atom is 0.251 e. The zero-order valence-electron chi connectivity index (χ0n) is 9.85. The molecule has 1 saturated carbocycles. The predicted octanol–water partition coefficient (Wildman–Crippen LogP) is -0.267. The molecule has 2 atom stereocenters. The van der Waals surface area contributed by atoms with Gasteiger partial charge in [-0.1, -0.05) is 6.07 Å². The summed E-state index contributed by atoms with van der Waals surface area (Å²) in [6.45, 7) is 1.97. The first-order chi connectivity index (χ1) is 8.66. The second kappa shape index (κ2) is 4.10. The van der Waals surface area contributed by atoms with Crippen LogP contribution in [0.3, 0.4) is 0 Å². The predicted molar refractivity (Wildman–Crippen MR) is 66.1 cm³/mol. The molecule has 1 aromatic rings. The number of nitrogens with one attached hydrogen (secondary N) is 2. The average molecular weight is 245 g/mol. The first kappa shape index (κ1) is 11.2. The van der Waals surface area contributed by atoms with Gasteiger partial charge in [-0.05, 0) is 30.0 Å². The van der Waals surface area contributed by atoms with Gasteiger partial charge in [-0.25, -0.2) is 0 Å². The number of hydrogen-bond acceptors (Lipinski definition) is 3. The minimum absolute atomic E-state index is 0.127. The Morgan fingerprint density at radius 3 is 2.56 bits per heavy atom. The summed E-state index contributed by atoms with van der Waals surface area (Å²) in [5.74, 6) is 0.510. The molecule has 18 heavy (non-hydrogen) atoms. The molecule has 0 bridgehead atoms. The van der Waals surface area contributed by atoms with Crippen LogP contribution in [0, 0.1) is 11.8 Å². The zero-order valence-corrected chi connectivity index (χ0v) is 9.85. The second-order valence-corrected chi connectivity index (χ2v) is 4.93. The van der Waals surface area contributed by atoms with Gasteiger partial charge in [0, 0.05) is 30.3 Å². The summed E-state index contributed by atoms with van der Waals surface area (Å²) in [4.78, 5) is 23.1. The number of nitrogens with two attached hydrogens (primary N) is 1. The number of piperidine rings is 1. The van der Waals surface area contributed by atoms with E-state index >= 15 is 0 Å². The van der Waals surface area contributed by atoms with Gasteiger partial charge in [0.2, 0.25) is 5.91 Å². The van der Waals surface area contributed by atoms with E-state index in [-0.39, 0.29) is 11.9 Å². The largest absolute Gasteiger partial charge is 0.366 e. The van der Waals surface area contributed by atoms with E-state index in [9.17, 15) is 9.59 Å². The molecule has 5 heteroatoms. The first-order valence-electron chi connectivity index (χ1n) is 6.08. The van der Waals surface area contributed by atoms with Gasteiger partial charge < -0.3 is 16.4 Å². The van der Waals surface area contributed by atoms with Crippen molar-refractivity contribution in [3.8, 4) is 0 Å². The Labute approximate surface area is 105 Å². The Morgan fingerprint density at radius 1 is 1.22 bits per heavy atom. The quantitative estimate of drug-likeness (QED) is 0.685. The van der Waals surface area contributed by atoms with Gasteiger partial charge in [-0.3, -0.25) is 9.59 Å². The normalized spacial score (nSPS) is 28.6. The lowest BCUT2D eigenvalue weighted by atomic mass is 10.1. The summed E-state index contributed by atoms with van der Waals surface area (Å²) in [7, 11) is 0. The summed E-state index contributed by atoms with van der Waals surface area (Å²) < 4.78 is 0. The molecule has 1 saturated heterocycles. The van der Waals surface area contributed by atoms with Crippen molar-refractivity contribution in [2.24, 2.45) is 17.6 Å². The minimum Gasteiger partial charge on any atom is -0.366 e. The average Bonchev–Trinajstić information content (AvgIpc) is 2.81. The second-order valence-electron chi connectivity index (χ2n) is 4.93. The topological polar surface area (TPSA) is 84.2 Å². The van der Waals surface area contributed by atoms with Crippen LogP contribution in [-0.2, 0) is 0 Å². The van der Waals surface area contributed by atoms with Crippen LogP contribution in [0.4, 0.5) is 0 Å². The molecule has 5 nitrogen and oxygen atoms in total. The fourth-order valence-corrected chi connectivity index (χ4v) is 2.68. The third-order valence-electron chi connectivity index (χ3n) is 3.80. The minimum atomic E-state index is -0.517. The van der Waals surface area contributed by atoms with Crippen molar-refractivity contribution in [1.82, 2.24) is 10.6 Å². The van der Waals surface area contributed by atoms with E-state index in [1.165, 1.54) is 6.07 Å². The number of hydrogen-bond donors (Lipinski definition) is 3. The smallest absolute Gasteiger partial charge is 0.251 e. The van der Waals surface area contributed by atoms with E-state index in [1.807, 2.05) is 0 Å². The highest BCUT2D eigenvalue weighted by Gasteiger charge is 2.53. The molecule has 2 amide bonds. The molecule has 3 rings (SSSR count). The van der Waals surface area contributed by atoms with E-state index in [0.29, 0.717) is 23.0 Å². The molecule has 1 aliphatic heterocycles. The molecule has 2 aliphatic rings. The van der Waals surface area contributed by atoms with Crippen LogP contribution in [0.15, 0.2) is 24.3 Å². The Morgan fingerprint density at radius 2 is 1.89 bits per heavy atom. The van der Waals surface area contributed by atoms with Gasteiger partial charge in [0.1, 0.15) is 0 Å². The van der Waals surface area contributed by atoms with Crippen LogP contribution in [0.1, 0.15) is 20.7 Å². The highest BCUT2D eigenvalue weighted by molar-refractivity contribution is 5.99. The molecule has 1 aliphatic carbocycles. The van der Waals surface area contributed by atoms with Crippen molar-refractivity contribution in [2.75, 3.05) is 13.1 Å². The SMILES string of the molecule is NC(=O)c1cccc(C(=O)NC2C3CNCC32)c1. The van der Waals surface area contributed by atoms with Crippen LogP contribution in [0.5, 0.6) is 0 Å². The van der Waals surface area contributed by atoms with Crippen molar-refractivity contribution in [1.29, 1.82) is 0 Å². The molecule has 94 valence electrons.